The van der Waals surface area contributed by atoms with Crippen molar-refractivity contribution in [3.05, 3.63) is 64.2 Å². The molecule has 1 aromatic heterocycles. The number of hydrogen-bond acceptors (Lipinski definition) is 5. The summed E-state index contributed by atoms with van der Waals surface area (Å²) in [6.45, 7) is 12.5. The Balaban J connectivity index is 1.63. The molecule has 7 nitrogen and oxygen atoms in total. The van der Waals surface area contributed by atoms with Crippen LogP contribution in [0.4, 0.5) is 11.4 Å². The van der Waals surface area contributed by atoms with Crippen LogP contribution in [0, 0.1) is 6.57 Å². The number of methoxy groups -OCH3 is 1. The van der Waals surface area contributed by atoms with Crippen LogP contribution in [-0.2, 0) is 11.3 Å². The molecule has 7 heteroatoms. The number of aromatic nitrogens is 2. The minimum Gasteiger partial charge on any atom is -0.383 e. The maximum atomic E-state index is 13.6. The second-order valence-electron chi connectivity index (χ2n) is 8.51. The van der Waals surface area contributed by atoms with Crippen LogP contribution in [0.15, 0.2) is 47.3 Å². The Hall–Kier alpha value is -3.21. The molecule has 0 amide bonds. The van der Waals surface area contributed by atoms with Gasteiger partial charge in [0.1, 0.15) is 5.82 Å². The van der Waals surface area contributed by atoms with Gasteiger partial charge in [0, 0.05) is 50.6 Å². The Morgan fingerprint density at radius 2 is 1.97 bits per heavy atom. The molecule has 3 saturated heterocycles. The van der Waals surface area contributed by atoms with Gasteiger partial charge in [-0.3, -0.25) is 9.36 Å². The minimum atomic E-state index is -0.0695. The quantitative estimate of drug-likeness (QED) is 0.581. The maximum absolute atomic E-state index is 13.6. The van der Waals surface area contributed by atoms with Gasteiger partial charge in [-0.1, -0.05) is 18.2 Å². The molecular weight excluding hydrogens is 402 g/mol. The van der Waals surface area contributed by atoms with Crippen LogP contribution in [0.25, 0.3) is 27.1 Å². The number of ether oxygens (including phenoxy) is 1. The Bertz CT molecular complexity index is 1240. The number of rotatable bonds is 5. The summed E-state index contributed by atoms with van der Waals surface area (Å²) >= 11 is 0. The van der Waals surface area contributed by atoms with Crippen molar-refractivity contribution in [2.75, 3.05) is 44.8 Å². The summed E-state index contributed by atoms with van der Waals surface area (Å²) < 4.78 is 6.94. The molecule has 0 spiro atoms. The number of anilines is 1. The highest BCUT2D eigenvalue weighted by atomic mass is 16.5. The Morgan fingerprint density at radius 1 is 1.12 bits per heavy atom. The van der Waals surface area contributed by atoms with Crippen molar-refractivity contribution in [1.29, 1.82) is 0 Å². The van der Waals surface area contributed by atoms with E-state index in [0.29, 0.717) is 41.6 Å². The van der Waals surface area contributed by atoms with E-state index in [2.05, 4.69) is 20.7 Å². The van der Waals surface area contributed by atoms with E-state index in [4.69, 9.17) is 16.3 Å². The highest BCUT2D eigenvalue weighted by Crippen LogP contribution is 2.29. The molecule has 6 rings (SSSR count). The number of benzene rings is 2. The average molecular weight is 430 g/mol. The van der Waals surface area contributed by atoms with Crippen molar-refractivity contribution < 1.29 is 4.74 Å². The predicted molar refractivity (Wildman–Crippen MR) is 126 cm³/mol. The van der Waals surface area contributed by atoms with Gasteiger partial charge in [-0.2, -0.15) is 0 Å². The third kappa shape index (κ3) is 3.77. The predicted octanol–water partition coefficient (Wildman–Crippen LogP) is 3.55. The topological polar surface area (TPSA) is 55.0 Å². The Labute approximate surface area is 187 Å². The van der Waals surface area contributed by atoms with E-state index in [1.807, 2.05) is 24.3 Å². The summed E-state index contributed by atoms with van der Waals surface area (Å²) in [7, 11) is 1.63. The zero-order chi connectivity index (χ0) is 22.1. The molecular formula is C25H27N5O2. The van der Waals surface area contributed by atoms with Gasteiger partial charge in [0.05, 0.1) is 30.6 Å². The highest BCUT2D eigenvalue weighted by Gasteiger charge is 2.29. The molecule has 32 heavy (non-hydrogen) atoms. The normalized spacial score (nSPS) is 20.3. The van der Waals surface area contributed by atoms with Crippen LogP contribution in [-0.4, -0.2) is 60.4 Å². The van der Waals surface area contributed by atoms with E-state index < -0.39 is 0 Å². The van der Waals surface area contributed by atoms with E-state index in [1.165, 1.54) is 12.8 Å². The van der Waals surface area contributed by atoms with Crippen molar-refractivity contribution in [2.24, 2.45) is 0 Å². The third-order valence-electron chi connectivity index (χ3n) is 6.68. The van der Waals surface area contributed by atoms with Crippen molar-refractivity contribution >= 4 is 22.3 Å². The lowest BCUT2D eigenvalue weighted by Crippen LogP contribution is -2.38. The van der Waals surface area contributed by atoms with Crippen LogP contribution in [0.2, 0.25) is 0 Å². The van der Waals surface area contributed by atoms with Crippen LogP contribution in [0.5, 0.6) is 0 Å². The molecule has 0 radical (unpaired) electrons. The fraction of sp³-hybridized carbons (Fsp3) is 0.400. The molecule has 0 saturated carbocycles. The molecule has 3 aromatic rings. The van der Waals surface area contributed by atoms with Crippen LogP contribution >= 0.6 is 0 Å². The van der Waals surface area contributed by atoms with Gasteiger partial charge < -0.3 is 14.5 Å². The lowest BCUT2D eigenvalue weighted by molar-refractivity contribution is 0.186. The van der Waals surface area contributed by atoms with Crippen LogP contribution in [0.1, 0.15) is 12.8 Å². The fourth-order valence-electron chi connectivity index (χ4n) is 4.94. The molecule has 0 aliphatic carbocycles. The minimum absolute atomic E-state index is 0.0695. The van der Waals surface area contributed by atoms with Crippen molar-refractivity contribution in [1.82, 2.24) is 14.5 Å². The summed E-state index contributed by atoms with van der Waals surface area (Å²) in [5.74, 6) is 0.569. The van der Waals surface area contributed by atoms with E-state index in [9.17, 15) is 4.79 Å². The number of piperidine rings is 1. The second-order valence-corrected chi connectivity index (χ2v) is 8.51. The van der Waals surface area contributed by atoms with Gasteiger partial charge in [0.15, 0.2) is 5.69 Å². The molecule has 0 unspecified atom stereocenters. The lowest BCUT2D eigenvalue weighted by Gasteiger charge is -2.33. The third-order valence-corrected chi connectivity index (χ3v) is 6.68. The largest absolute Gasteiger partial charge is 0.383 e. The number of nitrogens with zero attached hydrogens (tertiary/aromatic N) is 5. The van der Waals surface area contributed by atoms with Gasteiger partial charge in [-0.15, -0.1) is 0 Å². The van der Waals surface area contributed by atoms with Crippen LogP contribution < -0.4 is 10.5 Å². The van der Waals surface area contributed by atoms with E-state index in [-0.39, 0.29) is 5.56 Å². The first-order valence-electron chi connectivity index (χ1n) is 11.2. The molecule has 3 aliphatic rings. The van der Waals surface area contributed by atoms with E-state index in [1.54, 1.807) is 23.8 Å². The van der Waals surface area contributed by atoms with E-state index in [0.717, 1.165) is 37.4 Å². The van der Waals surface area contributed by atoms with Crippen LogP contribution in [0.3, 0.4) is 0 Å². The SMILES string of the molecule is [C-]#[N+]c1cccc(-c2nc3ccc(N4CCN5CCC4CC5)cc3c(=O)n2CCOC)c1. The smallest absolute Gasteiger partial charge is 0.261 e. The first-order valence-corrected chi connectivity index (χ1v) is 11.2. The van der Waals surface area contributed by atoms with Crippen molar-refractivity contribution in [3.63, 3.8) is 0 Å². The summed E-state index contributed by atoms with van der Waals surface area (Å²) in [4.78, 5) is 27.0. The molecule has 2 bridgehead atoms. The molecule has 4 heterocycles. The van der Waals surface area contributed by atoms with Gasteiger partial charge >= 0.3 is 0 Å². The molecule has 3 aliphatic heterocycles. The van der Waals surface area contributed by atoms with Crippen molar-refractivity contribution in [3.8, 4) is 11.4 Å². The summed E-state index contributed by atoms with van der Waals surface area (Å²) in [6, 6.07) is 13.9. The Morgan fingerprint density at radius 3 is 2.75 bits per heavy atom. The second kappa shape index (κ2) is 8.73. The molecule has 0 atom stereocenters. The van der Waals surface area contributed by atoms with Gasteiger partial charge in [-0.25, -0.2) is 9.83 Å². The average Bonchev–Trinajstić information content (AvgIpc) is 3.17. The summed E-state index contributed by atoms with van der Waals surface area (Å²) in [5, 5.41) is 0.628. The standard InChI is InChI=1S/C25H27N5O2/c1-26-19-5-3-4-18(16-19)24-27-23-7-6-21(17-22(23)25(31)30(24)14-15-32-2)29-13-12-28-10-8-20(29)9-11-28/h3-7,16-17,20H,8-15H2,2H3. The first-order chi connectivity index (χ1) is 15.7. The monoisotopic (exact) mass is 429 g/mol. The number of fused-ring (bicyclic) bond motifs is 5. The summed E-state index contributed by atoms with van der Waals surface area (Å²) in [5.41, 5.74) is 3.00. The van der Waals surface area contributed by atoms with Gasteiger partial charge in [0.25, 0.3) is 5.56 Å². The summed E-state index contributed by atoms with van der Waals surface area (Å²) in [6.07, 6.45) is 2.34. The molecule has 0 N–H and O–H groups in total. The lowest BCUT2D eigenvalue weighted by atomic mass is 10.0. The van der Waals surface area contributed by atoms with Gasteiger partial charge in [0.2, 0.25) is 0 Å². The molecule has 164 valence electrons. The zero-order valence-electron chi connectivity index (χ0n) is 18.3. The zero-order valence-corrected chi connectivity index (χ0v) is 18.3. The first kappa shape index (κ1) is 20.7. The Kier molecular flexibility index (Phi) is 5.64. The number of hydrogen-bond donors (Lipinski definition) is 0. The maximum Gasteiger partial charge on any atom is 0.261 e. The van der Waals surface area contributed by atoms with E-state index >= 15 is 0 Å². The van der Waals surface area contributed by atoms with Crippen molar-refractivity contribution in [2.45, 2.75) is 25.4 Å². The highest BCUT2D eigenvalue weighted by molar-refractivity contribution is 5.84. The molecule has 2 aromatic carbocycles. The fourth-order valence-corrected chi connectivity index (χ4v) is 4.94. The molecule has 3 fully saturated rings. The van der Waals surface area contributed by atoms with Gasteiger partial charge in [-0.05, 0) is 37.1 Å².